The molecule has 94 valence electrons. The third-order valence-electron chi connectivity index (χ3n) is 2.79. The third kappa shape index (κ3) is 2.24. The second-order valence-corrected chi connectivity index (χ2v) is 3.88. The maximum Gasteiger partial charge on any atom is 0.131 e. The molecule has 0 bridgehead atoms. The van der Waals surface area contributed by atoms with Gasteiger partial charge in [0.25, 0.3) is 0 Å². The Morgan fingerprint density at radius 3 is 1.94 bits per heavy atom. The van der Waals surface area contributed by atoms with Crippen molar-refractivity contribution in [2.45, 2.75) is 6.04 Å². The van der Waals surface area contributed by atoms with Gasteiger partial charge >= 0.3 is 0 Å². The second kappa shape index (κ2) is 5.23. The maximum atomic E-state index is 13.7. The van der Waals surface area contributed by atoms with Gasteiger partial charge in [-0.25, -0.2) is 13.2 Å². The Balaban J connectivity index is 2.56. The fraction of sp³-hybridized carbons (Fsp3) is 0.143. The fourth-order valence-electron chi connectivity index (χ4n) is 1.95. The van der Waals surface area contributed by atoms with Crippen molar-refractivity contribution in [3.63, 3.8) is 0 Å². The lowest BCUT2D eigenvalue weighted by Gasteiger charge is -2.19. The average molecular weight is 251 g/mol. The summed E-state index contributed by atoms with van der Waals surface area (Å²) in [4.78, 5) is 0. The highest BCUT2D eigenvalue weighted by Gasteiger charge is 2.22. The van der Waals surface area contributed by atoms with E-state index in [1.807, 2.05) is 0 Å². The van der Waals surface area contributed by atoms with Crippen LogP contribution in [0.5, 0.6) is 0 Å². The van der Waals surface area contributed by atoms with Gasteiger partial charge in [-0.1, -0.05) is 24.3 Å². The minimum absolute atomic E-state index is 0.176. The van der Waals surface area contributed by atoms with Gasteiger partial charge in [0.2, 0.25) is 0 Å². The predicted molar refractivity (Wildman–Crippen MR) is 63.7 cm³/mol. The topological polar surface area (TPSA) is 12.0 Å². The predicted octanol–water partition coefficient (Wildman–Crippen LogP) is 3.41. The highest BCUT2D eigenvalue weighted by atomic mass is 19.1. The van der Waals surface area contributed by atoms with Crippen LogP contribution in [-0.4, -0.2) is 7.05 Å². The Kier molecular flexibility index (Phi) is 3.67. The van der Waals surface area contributed by atoms with E-state index in [-0.39, 0.29) is 11.1 Å². The Hall–Kier alpha value is -1.81. The second-order valence-electron chi connectivity index (χ2n) is 3.88. The molecule has 0 heterocycles. The lowest BCUT2D eigenvalue weighted by molar-refractivity contribution is 0.508. The zero-order valence-corrected chi connectivity index (χ0v) is 9.75. The molecule has 0 saturated carbocycles. The highest BCUT2D eigenvalue weighted by Crippen LogP contribution is 2.28. The zero-order valence-electron chi connectivity index (χ0n) is 9.75. The molecule has 1 nitrogen and oxygen atoms in total. The first-order valence-corrected chi connectivity index (χ1v) is 5.50. The molecular weight excluding hydrogens is 239 g/mol. The minimum Gasteiger partial charge on any atom is -0.309 e. The molecule has 1 unspecified atom stereocenters. The summed E-state index contributed by atoms with van der Waals surface area (Å²) in [6.07, 6.45) is 0. The molecule has 0 aliphatic heterocycles. The lowest BCUT2D eigenvalue weighted by Crippen LogP contribution is -2.21. The van der Waals surface area contributed by atoms with E-state index >= 15 is 0 Å². The number of halogens is 3. The van der Waals surface area contributed by atoms with Crippen LogP contribution in [-0.2, 0) is 0 Å². The van der Waals surface area contributed by atoms with E-state index in [4.69, 9.17) is 0 Å². The Morgan fingerprint density at radius 1 is 0.833 bits per heavy atom. The van der Waals surface area contributed by atoms with Gasteiger partial charge in [-0.05, 0) is 25.2 Å². The molecule has 18 heavy (non-hydrogen) atoms. The van der Waals surface area contributed by atoms with Gasteiger partial charge in [0.1, 0.15) is 17.5 Å². The molecule has 0 fully saturated rings. The number of nitrogens with one attached hydrogen (secondary N) is 1. The molecule has 2 aromatic carbocycles. The number of rotatable bonds is 3. The molecule has 0 spiro atoms. The van der Waals surface area contributed by atoms with Gasteiger partial charge in [-0.15, -0.1) is 0 Å². The first kappa shape index (κ1) is 12.6. The first-order valence-electron chi connectivity index (χ1n) is 5.50. The molecule has 0 radical (unpaired) electrons. The van der Waals surface area contributed by atoms with Crippen LogP contribution in [0.1, 0.15) is 17.2 Å². The summed E-state index contributed by atoms with van der Waals surface area (Å²) in [5.74, 6) is -1.89. The number of hydrogen-bond donors (Lipinski definition) is 1. The van der Waals surface area contributed by atoms with Crippen LogP contribution in [0, 0.1) is 17.5 Å². The molecule has 0 aliphatic rings. The molecule has 0 aromatic heterocycles. The van der Waals surface area contributed by atoms with Crippen LogP contribution in [0.4, 0.5) is 13.2 Å². The Bertz CT molecular complexity index is 534. The molecular formula is C14H12F3N. The molecule has 0 aliphatic carbocycles. The fourth-order valence-corrected chi connectivity index (χ4v) is 1.95. The number of hydrogen-bond acceptors (Lipinski definition) is 1. The Morgan fingerprint density at radius 2 is 1.39 bits per heavy atom. The lowest BCUT2D eigenvalue weighted by atomic mass is 9.97. The van der Waals surface area contributed by atoms with Crippen molar-refractivity contribution in [3.05, 3.63) is 71.0 Å². The summed E-state index contributed by atoms with van der Waals surface area (Å²) in [5, 5.41) is 2.74. The van der Waals surface area contributed by atoms with Crippen molar-refractivity contribution in [1.82, 2.24) is 5.32 Å². The molecule has 1 atom stereocenters. The summed E-state index contributed by atoms with van der Waals surface area (Å²) in [6.45, 7) is 0. The zero-order chi connectivity index (χ0) is 13.1. The van der Waals surface area contributed by atoms with Gasteiger partial charge in [-0.2, -0.15) is 0 Å². The van der Waals surface area contributed by atoms with Gasteiger partial charge in [0.15, 0.2) is 0 Å². The van der Waals surface area contributed by atoms with Crippen LogP contribution >= 0.6 is 0 Å². The molecule has 2 rings (SSSR count). The third-order valence-corrected chi connectivity index (χ3v) is 2.79. The van der Waals surface area contributed by atoms with Gasteiger partial charge < -0.3 is 5.32 Å². The van der Waals surface area contributed by atoms with E-state index in [1.54, 1.807) is 6.07 Å². The van der Waals surface area contributed by atoms with Crippen molar-refractivity contribution >= 4 is 0 Å². The quantitative estimate of drug-likeness (QED) is 0.881. The summed E-state index contributed by atoms with van der Waals surface area (Å²) >= 11 is 0. The van der Waals surface area contributed by atoms with E-state index in [0.717, 1.165) is 12.1 Å². The maximum absolute atomic E-state index is 13.7. The van der Waals surface area contributed by atoms with E-state index < -0.39 is 23.5 Å². The van der Waals surface area contributed by atoms with E-state index in [2.05, 4.69) is 5.32 Å². The highest BCUT2D eigenvalue weighted by molar-refractivity contribution is 5.34. The molecule has 0 amide bonds. The van der Waals surface area contributed by atoms with Crippen LogP contribution in [0.15, 0.2) is 42.5 Å². The van der Waals surface area contributed by atoms with Gasteiger partial charge in [-0.3, -0.25) is 0 Å². The standard InChI is InChI=1S/C14H12F3N/c1-18-14(9-5-2-3-6-10(9)15)13-11(16)7-4-8-12(13)17/h2-8,14,18H,1H3. The summed E-state index contributed by atoms with van der Waals surface area (Å²) in [6, 6.07) is 8.66. The van der Waals surface area contributed by atoms with Gasteiger partial charge in [0.05, 0.1) is 6.04 Å². The van der Waals surface area contributed by atoms with E-state index in [1.165, 1.54) is 31.3 Å². The monoisotopic (exact) mass is 251 g/mol. The van der Waals surface area contributed by atoms with Crippen LogP contribution in [0.3, 0.4) is 0 Å². The summed E-state index contributed by atoms with van der Waals surface area (Å²) in [7, 11) is 1.53. The minimum atomic E-state index is -0.854. The van der Waals surface area contributed by atoms with E-state index in [0.29, 0.717) is 0 Å². The average Bonchev–Trinajstić information content (AvgIpc) is 2.35. The summed E-state index contributed by atoms with van der Waals surface area (Å²) in [5.41, 5.74) is 0.0362. The van der Waals surface area contributed by atoms with Crippen molar-refractivity contribution in [2.24, 2.45) is 0 Å². The largest absolute Gasteiger partial charge is 0.309 e. The van der Waals surface area contributed by atoms with Crippen molar-refractivity contribution < 1.29 is 13.2 Å². The van der Waals surface area contributed by atoms with Crippen LogP contribution in [0.2, 0.25) is 0 Å². The van der Waals surface area contributed by atoms with Gasteiger partial charge in [0, 0.05) is 11.1 Å². The molecule has 4 heteroatoms. The van der Waals surface area contributed by atoms with Crippen LogP contribution < -0.4 is 5.32 Å². The van der Waals surface area contributed by atoms with Crippen molar-refractivity contribution in [3.8, 4) is 0 Å². The van der Waals surface area contributed by atoms with Crippen molar-refractivity contribution in [2.75, 3.05) is 7.05 Å². The Labute approximate surface area is 103 Å². The number of benzene rings is 2. The smallest absolute Gasteiger partial charge is 0.131 e. The van der Waals surface area contributed by atoms with Crippen molar-refractivity contribution in [1.29, 1.82) is 0 Å². The SMILES string of the molecule is CNC(c1ccccc1F)c1c(F)cccc1F. The summed E-state index contributed by atoms with van der Waals surface area (Å²) < 4.78 is 41.1. The molecule has 2 aromatic rings. The normalized spacial score (nSPS) is 12.4. The first-order chi connectivity index (χ1) is 8.65. The molecule has 1 N–H and O–H groups in total. The van der Waals surface area contributed by atoms with Crippen LogP contribution in [0.25, 0.3) is 0 Å². The molecule has 0 saturated heterocycles. The van der Waals surface area contributed by atoms with E-state index in [9.17, 15) is 13.2 Å².